The first-order valence-electron chi connectivity index (χ1n) is 2.81. The molecule has 0 aliphatic carbocycles. The second-order valence-corrected chi connectivity index (χ2v) is 3.22. The lowest BCUT2D eigenvalue weighted by molar-refractivity contribution is 1.40. The van der Waals surface area contributed by atoms with E-state index in [9.17, 15) is 0 Å². The van der Waals surface area contributed by atoms with E-state index in [-0.39, 0.29) is 0 Å². The van der Waals surface area contributed by atoms with Crippen LogP contribution in [-0.2, 0) is 6.04 Å². The van der Waals surface area contributed by atoms with Crippen LogP contribution in [0.5, 0.6) is 0 Å². The van der Waals surface area contributed by atoms with Crippen molar-refractivity contribution in [1.82, 2.24) is 0 Å². The highest BCUT2D eigenvalue weighted by atomic mass is 35.6. The van der Waals surface area contributed by atoms with Gasteiger partial charge < -0.3 is 0 Å². The zero-order valence-corrected chi connectivity index (χ0v) is 6.73. The van der Waals surface area contributed by atoms with E-state index in [0.29, 0.717) is 8.83 Å². The Morgan fingerprint density at radius 1 is 1.22 bits per heavy atom. The molecular formula is C7H7ClSi. The lowest BCUT2D eigenvalue weighted by Crippen LogP contribution is -1.86. The third-order valence-electron chi connectivity index (χ3n) is 1.11. The molecule has 0 bridgehead atoms. The summed E-state index contributed by atoms with van der Waals surface area (Å²) in [5, 5.41) is 0. The second-order valence-electron chi connectivity index (χ2n) is 1.80. The van der Waals surface area contributed by atoms with E-state index in [2.05, 4.69) is 12.1 Å². The molecule has 46 valence electrons. The van der Waals surface area contributed by atoms with Gasteiger partial charge in [0.05, 0.1) is 0 Å². The van der Waals surface area contributed by atoms with Gasteiger partial charge in [-0.1, -0.05) is 30.3 Å². The van der Waals surface area contributed by atoms with Gasteiger partial charge in [-0.15, -0.1) is 0 Å². The molecule has 0 aliphatic heterocycles. The van der Waals surface area contributed by atoms with E-state index in [1.807, 2.05) is 18.2 Å². The highest BCUT2D eigenvalue weighted by Gasteiger charge is 1.87. The van der Waals surface area contributed by atoms with E-state index >= 15 is 0 Å². The maximum Gasteiger partial charge on any atom is 0.176 e. The molecule has 1 aromatic carbocycles. The lowest BCUT2D eigenvalue weighted by Gasteiger charge is -1.91. The van der Waals surface area contributed by atoms with Gasteiger partial charge >= 0.3 is 0 Å². The molecule has 0 heterocycles. The first kappa shape index (κ1) is 6.84. The van der Waals surface area contributed by atoms with Crippen molar-refractivity contribution in [3.63, 3.8) is 0 Å². The number of hydrogen-bond donors (Lipinski definition) is 0. The predicted octanol–water partition coefficient (Wildman–Crippen LogP) is 2.04. The Kier molecular flexibility index (Phi) is 2.81. The third-order valence-corrected chi connectivity index (χ3v) is 2.06. The Bertz CT molecular complexity index is 162. The van der Waals surface area contributed by atoms with E-state index in [1.165, 1.54) is 5.56 Å². The first-order chi connectivity index (χ1) is 4.43. The Labute approximate surface area is 62.4 Å². The molecule has 0 N–H and O–H groups in total. The smallest absolute Gasteiger partial charge is 0.171 e. The number of hydrogen-bond acceptors (Lipinski definition) is 0. The van der Waals surface area contributed by atoms with Crippen molar-refractivity contribution in [1.29, 1.82) is 0 Å². The average molecular weight is 155 g/mol. The monoisotopic (exact) mass is 154 g/mol. The molecule has 0 unspecified atom stereocenters. The maximum absolute atomic E-state index is 5.56. The fourth-order valence-corrected chi connectivity index (χ4v) is 1.53. The molecule has 0 aliphatic rings. The van der Waals surface area contributed by atoms with Crippen molar-refractivity contribution in [3.8, 4) is 0 Å². The van der Waals surface area contributed by atoms with Crippen molar-refractivity contribution in [2.45, 2.75) is 6.04 Å². The van der Waals surface area contributed by atoms with Crippen LogP contribution in [0, 0.1) is 0 Å². The van der Waals surface area contributed by atoms with Gasteiger partial charge in [-0.05, 0) is 11.6 Å². The van der Waals surface area contributed by atoms with Crippen molar-refractivity contribution in [3.05, 3.63) is 35.9 Å². The molecule has 2 radical (unpaired) electrons. The fraction of sp³-hybridized carbons (Fsp3) is 0.143. The van der Waals surface area contributed by atoms with Gasteiger partial charge in [0.1, 0.15) is 0 Å². The molecule has 1 aromatic rings. The normalized spacial score (nSPS) is 9.44. The van der Waals surface area contributed by atoms with E-state index in [1.54, 1.807) is 0 Å². The highest BCUT2D eigenvalue weighted by molar-refractivity contribution is 6.93. The van der Waals surface area contributed by atoms with Crippen LogP contribution in [0.2, 0.25) is 0 Å². The standard InChI is InChI=1S/C7H7ClSi/c8-9-6-7-4-2-1-3-5-7/h1-5H,6H2. The SMILES string of the molecule is Cl[Si]Cc1ccccc1. The van der Waals surface area contributed by atoms with E-state index < -0.39 is 0 Å². The number of halogens is 1. The van der Waals surface area contributed by atoms with Crippen molar-refractivity contribution < 1.29 is 0 Å². The Morgan fingerprint density at radius 2 is 1.89 bits per heavy atom. The molecule has 0 saturated carbocycles. The van der Waals surface area contributed by atoms with Crippen LogP contribution in [0.3, 0.4) is 0 Å². The zero-order chi connectivity index (χ0) is 6.53. The van der Waals surface area contributed by atoms with Crippen LogP contribution in [0.25, 0.3) is 0 Å². The molecule has 2 heteroatoms. The summed E-state index contributed by atoms with van der Waals surface area (Å²) < 4.78 is 0. The van der Waals surface area contributed by atoms with Crippen molar-refractivity contribution >= 4 is 19.9 Å². The molecule has 0 amide bonds. The minimum Gasteiger partial charge on any atom is -0.171 e. The van der Waals surface area contributed by atoms with Crippen LogP contribution in [0.15, 0.2) is 30.3 Å². The topological polar surface area (TPSA) is 0 Å². The van der Waals surface area contributed by atoms with E-state index in [4.69, 9.17) is 11.1 Å². The minimum atomic E-state index is 0.507. The molecule has 0 nitrogen and oxygen atoms in total. The summed E-state index contributed by atoms with van der Waals surface area (Å²) in [6, 6.07) is 11.3. The summed E-state index contributed by atoms with van der Waals surface area (Å²) in [6.45, 7) is 0. The third kappa shape index (κ3) is 2.20. The van der Waals surface area contributed by atoms with Gasteiger partial charge in [0.15, 0.2) is 8.83 Å². The molecule has 0 fully saturated rings. The molecule has 9 heavy (non-hydrogen) atoms. The lowest BCUT2D eigenvalue weighted by atomic mass is 10.2. The largest absolute Gasteiger partial charge is 0.176 e. The summed E-state index contributed by atoms with van der Waals surface area (Å²) >= 11 is 5.56. The van der Waals surface area contributed by atoms with E-state index in [0.717, 1.165) is 6.04 Å². The fourth-order valence-electron chi connectivity index (χ4n) is 0.673. The van der Waals surface area contributed by atoms with Crippen LogP contribution >= 0.6 is 11.1 Å². The first-order valence-corrected chi connectivity index (χ1v) is 5.03. The minimum absolute atomic E-state index is 0.507. The van der Waals surface area contributed by atoms with Gasteiger partial charge in [-0.3, -0.25) is 0 Å². The molecule has 0 atom stereocenters. The van der Waals surface area contributed by atoms with Crippen LogP contribution in [0.1, 0.15) is 5.56 Å². The predicted molar refractivity (Wildman–Crippen MR) is 41.8 cm³/mol. The Morgan fingerprint density at radius 3 is 2.44 bits per heavy atom. The Balaban J connectivity index is 2.61. The Hall–Kier alpha value is -0.273. The average Bonchev–Trinajstić information content (AvgIpc) is 1.91. The molecule has 0 spiro atoms. The van der Waals surface area contributed by atoms with Gasteiger partial charge in [0.2, 0.25) is 0 Å². The summed E-state index contributed by atoms with van der Waals surface area (Å²) in [7, 11) is 0.507. The van der Waals surface area contributed by atoms with Crippen LogP contribution in [-0.4, -0.2) is 8.83 Å². The van der Waals surface area contributed by atoms with Gasteiger partial charge in [-0.25, -0.2) is 0 Å². The number of rotatable bonds is 2. The molecule has 0 saturated heterocycles. The van der Waals surface area contributed by atoms with Gasteiger partial charge in [0, 0.05) is 0 Å². The molecule has 0 aromatic heterocycles. The summed E-state index contributed by atoms with van der Waals surface area (Å²) in [5.74, 6) is 0. The zero-order valence-electron chi connectivity index (χ0n) is 4.97. The molecular weight excluding hydrogens is 148 g/mol. The van der Waals surface area contributed by atoms with Crippen LogP contribution < -0.4 is 0 Å². The highest BCUT2D eigenvalue weighted by Crippen LogP contribution is 1.98. The van der Waals surface area contributed by atoms with Crippen molar-refractivity contribution in [2.75, 3.05) is 0 Å². The van der Waals surface area contributed by atoms with Crippen LogP contribution in [0.4, 0.5) is 0 Å². The van der Waals surface area contributed by atoms with Gasteiger partial charge in [-0.2, -0.15) is 11.1 Å². The summed E-state index contributed by atoms with van der Waals surface area (Å²) in [4.78, 5) is 0. The maximum atomic E-state index is 5.56. The second kappa shape index (κ2) is 3.70. The quantitative estimate of drug-likeness (QED) is 0.452. The van der Waals surface area contributed by atoms with Crippen molar-refractivity contribution in [2.24, 2.45) is 0 Å². The van der Waals surface area contributed by atoms with Gasteiger partial charge in [0.25, 0.3) is 0 Å². The summed E-state index contributed by atoms with van der Waals surface area (Å²) in [6.07, 6.45) is 0. The summed E-state index contributed by atoms with van der Waals surface area (Å²) in [5.41, 5.74) is 1.32. The molecule has 1 rings (SSSR count). The number of benzene rings is 1.